The molecule has 4 nitrogen and oxygen atoms in total. The van der Waals surface area contributed by atoms with Crippen molar-refractivity contribution in [2.75, 3.05) is 12.0 Å². The Morgan fingerprint density at radius 3 is 2.53 bits per heavy atom. The summed E-state index contributed by atoms with van der Waals surface area (Å²) in [4.78, 5) is 0. The average molecular weight is 284 g/mol. The molecule has 0 aliphatic heterocycles. The molecule has 1 atom stereocenters. The quantitative estimate of drug-likeness (QED) is 0.561. The number of nitrogens with two attached hydrogens (primary N) is 1. The van der Waals surface area contributed by atoms with Crippen molar-refractivity contribution >= 4 is 9.84 Å². The molecule has 1 rings (SSSR count). The van der Waals surface area contributed by atoms with Gasteiger partial charge in [0.25, 0.3) is 0 Å². The van der Waals surface area contributed by atoms with Gasteiger partial charge in [-0.25, -0.2) is 8.42 Å². The molecular formula is C14H24N2O2S. The van der Waals surface area contributed by atoms with E-state index in [-0.39, 0.29) is 11.8 Å². The van der Waals surface area contributed by atoms with Crippen LogP contribution < -0.4 is 11.3 Å². The van der Waals surface area contributed by atoms with Crippen molar-refractivity contribution in [3.8, 4) is 0 Å². The second kappa shape index (κ2) is 7.62. The standard InChI is InChI=1S/C14H24N2O2S/c1-12-6-3-4-7-13(12)9-10-14(16-15)8-5-11-19(2,17)18/h3-4,6-7,14,16H,5,8-11,15H2,1-2H3. The monoisotopic (exact) mass is 284 g/mol. The van der Waals surface area contributed by atoms with Crippen molar-refractivity contribution in [1.29, 1.82) is 0 Å². The van der Waals surface area contributed by atoms with Gasteiger partial charge in [0, 0.05) is 18.1 Å². The molecule has 0 heterocycles. The molecular weight excluding hydrogens is 260 g/mol. The minimum Gasteiger partial charge on any atom is -0.271 e. The molecule has 1 aromatic carbocycles. The molecule has 0 spiro atoms. The summed E-state index contributed by atoms with van der Waals surface area (Å²) in [6, 6.07) is 8.46. The summed E-state index contributed by atoms with van der Waals surface area (Å²) in [5.74, 6) is 5.76. The molecule has 0 aliphatic rings. The number of nitrogens with one attached hydrogen (secondary N) is 1. The van der Waals surface area contributed by atoms with Crippen LogP contribution in [0.5, 0.6) is 0 Å². The number of sulfone groups is 1. The lowest BCUT2D eigenvalue weighted by Crippen LogP contribution is -2.35. The van der Waals surface area contributed by atoms with E-state index in [1.165, 1.54) is 17.4 Å². The highest BCUT2D eigenvalue weighted by Crippen LogP contribution is 2.12. The van der Waals surface area contributed by atoms with Crippen LogP contribution >= 0.6 is 0 Å². The maximum atomic E-state index is 11.1. The number of aryl methyl sites for hydroxylation is 2. The first-order valence-electron chi connectivity index (χ1n) is 6.61. The Hall–Kier alpha value is -0.910. The van der Waals surface area contributed by atoms with Crippen molar-refractivity contribution in [2.45, 2.75) is 38.6 Å². The first-order valence-corrected chi connectivity index (χ1v) is 8.67. The lowest BCUT2D eigenvalue weighted by Gasteiger charge is -2.16. The van der Waals surface area contributed by atoms with Crippen LogP contribution in [0.2, 0.25) is 0 Å². The molecule has 1 unspecified atom stereocenters. The normalized spacial score (nSPS) is 13.4. The first kappa shape index (κ1) is 16.1. The Balaban J connectivity index is 2.39. The number of rotatable bonds is 8. The van der Waals surface area contributed by atoms with Gasteiger partial charge in [0.1, 0.15) is 9.84 Å². The maximum absolute atomic E-state index is 11.1. The highest BCUT2D eigenvalue weighted by atomic mass is 32.2. The van der Waals surface area contributed by atoms with E-state index in [0.717, 1.165) is 19.3 Å². The van der Waals surface area contributed by atoms with Crippen LogP contribution in [-0.2, 0) is 16.3 Å². The van der Waals surface area contributed by atoms with Gasteiger partial charge in [-0.2, -0.15) is 0 Å². The van der Waals surface area contributed by atoms with Crippen molar-refractivity contribution in [2.24, 2.45) is 5.84 Å². The van der Waals surface area contributed by atoms with Crippen molar-refractivity contribution in [1.82, 2.24) is 5.43 Å². The van der Waals surface area contributed by atoms with Crippen LogP contribution in [0, 0.1) is 6.92 Å². The van der Waals surface area contributed by atoms with Crippen LogP contribution in [0.3, 0.4) is 0 Å². The maximum Gasteiger partial charge on any atom is 0.147 e. The Morgan fingerprint density at radius 1 is 1.26 bits per heavy atom. The highest BCUT2D eigenvalue weighted by Gasteiger charge is 2.10. The molecule has 0 saturated carbocycles. The lowest BCUT2D eigenvalue weighted by atomic mass is 9.99. The Labute approximate surface area is 116 Å². The topological polar surface area (TPSA) is 72.2 Å². The number of hydrogen-bond acceptors (Lipinski definition) is 4. The van der Waals surface area contributed by atoms with E-state index in [2.05, 4.69) is 24.5 Å². The van der Waals surface area contributed by atoms with Gasteiger partial charge < -0.3 is 0 Å². The van der Waals surface area contributed by atoms with Crippen molar-refractivity contribution in [3.63, 3.8) is 0 Å². The molecule has 3 N–H and O–H groups in total. The highest BCUT2D eigenvalue weighted by molar-refractivity contribution is 7.90. The molecule has 0 aliphatic carbocycles. The molecule has 108 valence electrons. The predicted molar refractivity (Wildman–Crippen MR) is 79.6 cm³/mol. The fourth-order valence-corrected chi connectivity index (χ4v) is 2.81. The van der Waals surface area contributed by atoms with Crippen LogP contribution in [0.1, 0.15) is 30.4 Å². The number of benzene rings is 1. The third-order valence-electron chi connectivity index (χ3n) is 3.33. The Kier molecular flexibility index (Phi) is 6.48. The van der Waals surface area contributed by atoms with E-state index in [1.54, 1.807) is 0 Å². The van der Waals surface area contributed by atoms with Gasteiger partial charge in [0.2, 0.25) is 0 Å². The SMILES string of the molecule is Cc1ccccc1CCC(CCCS(C)(=O)=O)NN. The molecule has 0 fully saturated rings. The molecule has 0 radical (unpaired) electrons. The minimum absolute atomic E-state index is 0.168. The zero-order valence-corrected chi connectivity index (χ0v) is 12.5. The van der Waals surface area contributed by atoms with E-state index < -0.39 is 9.84 Å². The van der Waals surface area contributed by atoms with E-state index in [1.807, 2.05) is 12.1 Å². The lowest BCUT2D eigenvalue weighted by molar-refractivity contribution is 0.458. The smallest absolute Gasteiger partial charge is 0.147 e. The fraction of sp³-hybridized carbons (Fsp3) is 0.571. The summed E-state index contributed by atoms with van der Waals surface area (Å²) in [7, 11) is -2.87. The van der Waals surface area contributed by atoms with Gasteiger partial charge in [-0.1, -0.05) is 24.3 Å². The predicted octanol–water partition coefficient (Wildman–Crippen LogP) is 1.58. The van der Waals surface area contributed by atoms with E-state index in [4.69, 9.17) is 5.84 Å². The summed E-state index contributed by atoms with van der Waals surface area (Å²) in [5, 5.41) is 0. The van der Waals surface area contributed by atoms with Crippen molar-refractivity contribution in [3.05, 3.63) is 35.4 Å². The molecule has 0 saturated heterocycles. The van der Waals surface area contributed by atoms with Crippen LogP contribution in [-0.4, -0.2) is 26.5 Å². The third kappa shape index (κ3) is 6.71. The zero-order valence-electron chi connectivity index (χ0n) is 11.7. The van der Waals surface area contributed by atoms with Gasteiger partial charge >= 0.3 is 0 Å². The summed E-state index contributed by atoms with van der Waals surface area (Å²) in [6.45, 7) is 2.10. The van der Waals surface area contributed by atoms with Gasteiger partial charge in [-0.3, -0.25) is 11.3 Å². The third-order valence-corrected chi connectivity index (χ3v) is 4.36. The molecule has 1 aromatic rings. The molecule has 5 heteroatoms. The average Bonchev–Trinajstić information content (AvgIpc) is 2.34. The van der Waals surface area contributed by atoms with E-state index in [9.17, 15) is 8.42 Å². The Morgan fingerprint density at radius 2 is 1.95 bits per heavy atom. The first-order chi connectivity index (χ1) is 8.92. The summed E-state index contributed by atoms with van der Waals surface area (Å²) < 4.78 is 22.1. The van der Waals surface area contributed by atoms with E-state index in [0.29, 0.717) is 6.42 Å². The second-order valence-electron chi connectivity index (χ2n) is 5.10. The van der Waals surface area contributed by atoms with Gasteiger partial charge in [0.15, 0.2) is 0 Å². The van der Waals surface area contributed by atoms with Crippen LogP contribution in [0.25, 0.3) is 0 Å². The fourth-order valence-electron chi connectivity index (χ4n) is 2.12. The number of hydrogen-bond donors (Lipinski definition) is 2. The van der Waals surface area contributed by atoms with Crippen LogP contribution in [0.4, 0.5) is 0 Å². The summed E-state index contributed by atoms with van der Waals surface area (Å²) in [6.07, 6.45) is 4.59. The van der Waals surface area contributed by atoms with E-state index >= 15 is 0 Å². The Bertz CT molecular complexity index is 486. The second-order valence-corrected chi connectivity index (χ2v) is 7.36. The van der Waals surface area contributed by atoms with Gasteiger partial charge in [-0.15, -0.1) is 0 Å². The van der Waals surface area contributed by atoms with Crippen LogP contribution in [0.15, 0.2) is 24.3 Å². The summed E-state index contributed by atoms with van der Waals surface area (Å²) in [5.41, 5.74) is 5.39. The largest absolute Gasteiger partial charge is 0.271 e. The minimum atomic E-state index is -2.87. The molecule has 19 heavy (non-hydrogen) atoms. The van der Waals surface area contributed by atoms with Crippen molar-refractivity contribution < 1.29 is 8.42 Å². The van der Waals surface area contributed by atoms with Gasteiger partial charge in [-0.05, 0) is 43.7 Å². The van der Waals surface area contributed by atoms with Gasteiger partial charge in [0.05, 0.1) is 0 Å². The summed E-state index contributed by atoms with van der Waals surface area (Å²) >= 11 is 0. The number of hydrazine groups is 1. The molecule has 0 aromatic heterocycles. The molecule has 0 bridgehead atoms. The zero-order chi connectivity index (χ0) is 14.3. The molecule has 0 amide bonds.